The lowest BCUT2D eigenvalue weighted by atomic mass is 9.44. The van der Waals surface area contributed by atoms with Gasteiger partial charge >= 0.3 is 0 Å². The van der Waals surface area contributed by atoms with Crippen molar-refractivity contribution in [1.29, 1.82) is 0 Å². The molecule has 1 heterocycles. The molecule has 0 spiro atoms. The van der Waals surface area contributed by atoms with Crippen molar-refractivity contribution in [3.8, 4) is 0 Å². The van der Waals surface area contributed by atoms with Gasteiger partial charge in [-0.15, -0.1) is 0 Å². The average Bonchev–Trinajstić information content (AvgIpc) is 3.35. The first-order chi connectivity index (χ1) is 19.7. The molecule has 4 saturated carbocycles. The van der Waals surface area contributed by atoms with Crippen LogP contribution >= 0.6 is 0 Å². The fourth-order valence-corrected chi connectivity index (χ4v) is 10.7. The zero-order valence-corrected chi connectivity index (χ0v) is 26.2. The average molecular weight is 562 g/mol. The van der Waals surface area contributed by atoms with Gasteiger partial charge in [-0.05, 0) is 105 Å². The monoisotopic (exact) mass is 561 g/mol. The number of carbonyl (C=O) groups is 2. The number of carbonyl (C=O) groups excluding carboxylic acids is 2. The lowest BCUT2D eigenvalue weighted by Gasteiger charge is -2.60. The zero-order chi connectivity index (χ0) is 28.8. The van der Waals surface area contributed by atoms with Crippen LogP contribution in [-0.4, -0.2) is 60.8 Å². The van der Waals surface area contributed by atoms with Crippen LogP contribution in [0.3, 0.4) is 0 Å². The van der Waals surface area contributed by atoms with Gasteiger partial charge in [0.1, 0.15) is 5.78 Å². The van der Waals surface area contributed by atoms with Crippen LogP contribution in [0.2, 0.25) is 0 Å². The molecule has 5 fully saturated rings. The largest absolute Gasteiger partial charge is 0.340 e. The summed E-state index contributed by atoms with van der Waals surface area (Å²) in [5.74, 6) is 4.30. The molecule has 41 heavy (non-hydrogen) atoms. The van der Waals surface area contributed by atoms with E-state index in [1.165, 1.54) is 50.5 Å². The van der Waals surface area contributed by atoms with E-state index in [2.05, 4.69) is 73.3 Å². The summed E-state index contributed by atoms with van der Waals surface area (Å²) in [4.78, 5) is 31.6. The molecule has 5 heteroatoms. The molecular formula is C36H55N3O2. The molecule has 1 saturated heterocycles. The second kappa shape index (κ2) is 11.8. The predicted octanol–water partition coefficient (Wildman–Crippen LogP) is 6.17. The summed E-state index contributed by atoms with van der Waals surface area (Å²) in [5, 5.41) is 3.88. The van der Waals surface area contributed by atoms with E-state index in [1.54, 1.807) is 0 Å². The summed E-state index contributed by atoms with van der Waals surface area (Å²) in [6, 6.07) is 11.4. The van der Waals surface area contributed by atoms with Crippen molar-refractivity contribution >= 4 is 11.7 Å². The highest BCUT2D eigenvalue weighted by Crippen LogP contribution is 2.67. The Balaban J connectivity index is 1.07. The first kappa shape index (κ1) is 29.4. The second-order valence-electron chi connectivity index (χ2n) is 15.3. The molecule has 6 rings (SSSR count). The molecule has 9 atom stereocenters. The van der Waals surface area contributed by atoms with Gasteiger partial charge in [-0.1, -0.05) is 51.1 Å². The van der Waals surface area contributed by atoms with Crippen LogP contribution < -0.4 is 5.32 Å². The molecule has 1 aromatic rings. The Hall–Kier alpha value is -1.72. The van der Waals surface area contributed by atoms with Gasteiger partial charge in [0, 0.05) is 57.0 Å². The third-order valence-corrected chi connectivity index (χ3v) is 13.4. The molecule has 4 aliphatic carbocycles. The maximum Gasteiger partial charge on any atom is 0.222 e. The Bertz CT molecular complexity index is 1080. The molecule has 5 nitrogen and oxygen atoms in total. The molecule has 0 unspecified atom stereocenters. The zero-order valence-electron chi connectivity index (χ0n) is 26.2. The van der Waals surface area contributed by atoms with Crippen molar-refractivity contribution in [2.75, 3.05) is 33.2 Å². The molecule has 0 radical (unpaired) electrons. The Morgan fingerprint density at radius 1 is 1.00 bits per heavy atom. The van der Waals surface area contributed by atoms with Gasteiger partial charge in [-0.3, -0.25) is 9.59 Å². The van der Waals surface area contributed by atoms with Gasteiger partial charge in [-0.2, -0.15) is 0 Å². The first-order valence-electron chi connectivity index (χ1n) is 17.0. The highest BCUT2D eigenvalue weighted by molar-refractivity contribution is 5.87. The molecule has 1 N–H and O–H groups in total. The Kier molecular flexibility index (Phi) is 8.42. The molecular weight excluding hydrogens is 506 g/mol. The maximum absolute atomic E-state index is 14.2. The van der Waals surface area contributed by atoms with Crippen LogP contribution in [0.15, 0.2) is 30.3 Å². The quantitative estimate of drug-likeness (QED) is 0.432. The number of Topliss-reactive ketones (excluding diaryl/α,β-unsaturated/α-hetero) is 1. The number of hydrogen-bond acceptors (Lipinski definition) is 4. The standard InChI is InChI=1S/C36H55N3O2/c1-25(10-15-34(41)39-20-18-38(4)19-21-39)30-13-14-31-29-12-11-27-22-28(37-24-26-8-6-5-7-9-26)16-17-35(27,2)32(29)23-33(40)36(30,31)3/h5-9,25,27-32,37H,10-24H2,1-4H3/t25-,27-,28+,29+,30-,31+,32+,35+,36-/m1/s1. The molecule has 5 aliphatic rings. The number of nitrogens with zero attached hydrogens (tertiary/aromatic N) is 2. The van der Waals surface area contributed by atoms with Crippen molar-refractivity contribution in [3.05, 3.63) is 35.9 Å². The Morgan fingerprint density at radius 2 is 1.76 bits per heavy atom. The van der Waals surface area contributed by atoms with Crippen LogP contribution in [0.5, 0.6) is 0 Å². The van der Waals surface area contributed by atoms with Crippen LogP contribution in [0, 0.1) is 46.3 Å². The summed E-state index contributed by atoms with van der Waals surface area (Å²) in [7, 11) is 2.13. The predicted molar refractivity (Wildman–Crippen MR) is 165 cm³/mol. The SMILES string of the molecule is C[C@H](CCC(=O)N1CCN(C)CC1)[C@H]1CC[C@H]2[C@@H]3CC[C@@H]4C[C@@H](NCc5ccccc5)CC[C@]4(C)[C@H]3CC(=O)[C@]12C. The van der Waals surface area contributed by atoms with Crippen molar-refractivity contribution in [2.24, 2.45) is 46.3 Å². The lowest BCUT2D eigenvalue weighted by molar-refractivity contribution is -0.158. The van der Waals surface area contributed by atoms with Gasteiger partial charge in [0.25, 0.3) is 0 Å². The number of hydrogen-bond donors (Lipinski definition) is 1. The fraction of sp³-hybridized carbons (Fsp3) is 0.778. The minimum atomic E-state index is -0.185. The van der Waals surface area contributed by atoms with Gasteiger partial charge in [-0.25, -0.2) is 0 Å². The third-order valence-electron chi connectivity index (χ3n) is 13.4. The number of likely N-dealkylation sites (N-methyl/N-ethyl adjacent to an activating group) is 1. The second-order valence-corrected chi connectivity index (χ2v) is 15.3. The van der Waals surface area contributed by atoms with Crippen molar-refractivity contribution in [2.45, 2.75) is 97.6 Å². The number of piperazine rings is 1. The summed E-state index contributed by atoms with van der Waals surface area (Å²) >= 11 is 0. The summed E-state index contributed by atoms with van der Waals surface area (Å²) < 4.78 is 0. The first-order valence-corrected chi connectivity index (χ1v) is 17.0. The van der Waals surface area contributed by atoms with E-state index in [1.807, 2.05) is 0 Å². The fourth-order valence-electron chi connectivity index (χ4n) is 10.7. The van der Waals surface area contributed by atoms with E-state index in [-0.39, 0.29) is 5.41 Å². The molecule has 1 amide bonds. The summed E-state index contributed by atoms with van der Waals surface area (Å²) in [6.07, 6.45) is 11.2. The number of rotatable bonds is 7. The van der Waals surface area contributed by atoms with Gasteiger partial charge in [0.05, 0.1) is 0 Å². The highest BCUT2D eigenvalue weighted by atomic mass is 16.2. The van der Waals surface area contributed by atoms with Crippen LogP contribution in [0.4, 0.5) is 0 Å². The smallest absolute Gasteiger partial charge is 0.222 e. The normalized spacial score (nSPS) is 40.0. The highest BCUT2D eigenvalue weighted by Gasteiger charge is 2.63. The molecule has 1 aromatic carbocycles. The summed E-state index contributed by atoms with van der Waals surface area (Å²) in [5.41, 5.74) is 1.49. The summed E-state index contributed by atoms with van der Waals surface area (Å²) in [6.45, 7) is 11.9. The van der Waals surface area contributed by atoms with Crippen molar-refractivity contribution < 1.29 is 9.59 Å². The van der Waals surface area contributed by atoms with Crippen LogP contribution in [0.25, 0.3) is 0 Å². The molecule has 1 aliphatic heterocycles. The molecule has 0 bridgehead atoms. The molecule has 226 valence electrons. The van der Waals surface area contributed by atoms with Crippen LogP contribution in [-0.2, 0) is 16.1 Å². The molecule has 0 aromatic heterocycles. The van der Waals surface area contributed by atoms with Gasteiger partial charge in [0.15, 0.2) is 0 Å². The number of amides is 1. The topological polar surface area (TPSA) is 52.7 Å². The van der Waals surface area contributed by atoms with Gasteiger partial charge in [0.2, 0.25) is 5.91 Å². The number of nitrogens with one attached hydrogen (secondary N) is 1. The van der Waals surface area contributed by atoms with E-state index in [9.17, 15) is 9.59 Å². The maximum atomic E-state index is 14.2. The Morgan fingerprint density at radius 3 is 2.51 bits per heavy atom. The van der Waals surface area contributed by atoms with E-state index in [4.69, 9.17) is 0 Å². The van der Waals surface area contributed by atoms with E-state index in [0.29, 0.717) is 59.2 Å². The van der Waals surface area contributed by atoms with E-state index in [0.717, 1.165) is 51.5 Å². The van der Waals surface area contributed by atoms with Gasteiger partial charge < -0.3 is 15.1 Å². The van der Waals surface area contributed by atoms with E-state index < -0.39 is 0 Å². The number of benzene rings is 1. The lowest BCUT2D eigenvalue weighted by Crippen LogP contribution is -2.58. The van der Waals surface area contributed by atoms with Crippen LogP contribution in [0.1, 0.15) is 90.5 Å². The number of ketones is 1. The number of fused-ring (bicyclic) bond motifs is 5. The van der Waals surface area contributed by atoms with Crippen molar-refractivity contribution in [3.63, 3.8) is 0 Å². The third kappa shape index (κ3) is 5.44. The minimum Gasteiger partial charge on any atom is -0.340 e. The minimum absolute atomic E-state index is 0.185. The Labute approximate surface area is 249 Å². The van der Waals surface area contributed by atoms with Crippen molar-refractivity contribution in [1.82, 2.24) is 15.1 Å². The van der Waals surface area contributed by atoms with E-state index >= 15 is 0 Å².